The predicted octanol–water partition coefficient (Wildman–Crippen LogP) is 5.94. The lowest BCUT2D eigenvalue weighted by Crippen LogP contribution is -2.24. The van der Waals surface area contributed by atoms with Gasteiger partial charge in [0, 0.05) is 11.6 Å². The van der Waals surface area contributed by atoms with Gasteiger partial charge in [-0.25, -0.2) is 4.98 Å². The maximum Gasteiger partial charge on any atom is 0.147 e. The van der Waals surface area contributed by atoms with Crippen molar-refractivity contribution in [3.05, 3.63) is 23.2 Å². The van der Waals surface area contributed by atoms with Gasteiger partial charge in [0.15, 0.2) is 0 Å². The molecule has 1 unspecified atom stereocenters. The van der Waals surface area contributed by atoms with Crippen molar-refractivity contribution >= 4 is 11.6 Å². The number of hydrogen-bond donors (Lipinski definition) is 0. The van der Waals surface area contributed by atoms with Gasteiger partial charge in [-0.1, -0.05) is 77.3 Å². The van der Waals surface area contributed by atoms with Gasteiger partial charge in [0.2, 0.25) is 0 Å². The first-order valence-corrected chi connectivity index (χ1v) is 8.48. The molecule has 0 saturated heterocycles. The highest BCUT2D eigenvalue weighted by Crippen LogP contribution is 2.34. The molecule has 3 heteroatoms. The van der Waals surface area contributed by atoms with Gasteiger partial charge in [-0.15, -0.1) is 0 Å². The van der Waals surface area contributed by atoms with Crippen LogP contribution >= 0.6 is 11.6 Å². The van der Waals surface area contributed by atoms with Crippen LogP contribution in [-0.4, -0.2) is 9.97 Å². The van der Waals surface area contributed by atoms with E-state index in [1.807, 2.05) is 6.20 Å². The van der Waals surface area contributed by atoms with Crippen LogP contribution in [0.2, 0.25) is 5.15 Å². The van der Waals surface area contributed by atoms with Crippen LogP contribution in [0.4, 0.5) is 0 Å². The molecule has 2 nitrogen and oxygen atoms in total. The quantitative estimate of drug-likeness (QED) is 0.499. The van der Waals surface area contributed by atoms with Crippen LogP contribution < -0.4 is 0 Å². The van der Waals surface area contributed by atoms with Gasteiger partial charge in [-0.3, -0.25) is 4.98 Å². The van der Waals surface area contributed by atoms with Crippen LogP contribution in [0.1, 0.15) is 84.3 Å². The van der Waals surface area contributed by atoms with Crippen LogP contribution in [0.5, 0.6) is 0 Å². The van der Waals surface area contributed by atoms with Gasteiger partial charge < -0.3 is 0 Å². The van der Waals surface area contributed by atoms with Gasteiger partial charge in [-0.2, -0.15) is 0 Å². The van der Waals surface area contributed by atoms with E-state index in [2.05, 4.69) is 30.7 Å². The Bertz CT molecular complexity index is 381. The van der Waals surface area contributed by atoms with Crippen molar-refractivity contribution in [2.45, 2.75) is 84.0 Å². The third kappa shape index (κ3) is 5.78. The van der Waals surface area contributed by atoms with E-state index in [0.29, 0.717) is 5.15 Å². The van der Waals surface area contributed by atoms with Crippen molar-refractivity contribution in [1.82, 2.24) is 9.97 Å². The van der Waals surface area contributed by atoms with Crippen molar-refractivity contribution in [3.8, 4) is 0 Å². The lowest BCUT2D eigenvalue weighted by Gasteiger charge is -2.29. The molecule has 1 heterocycles. The fraction of sp³-hybridized carbons (Fsp3) is 0.765. The highest BCUT2D eigenvalue weighted by atomic mass is 35.5. The largest absolute Gasteiger partial charge is 0.260 e. The Kier molecular flexibility index (Phi) is 8.13. The second-order valence-electron chi connectivity index (χ2n) is 6.06. The third-order valence-electron chi connectivity index (χ3n) is 4.14. The molecule has 0 spiro atoms. The summed E-state index contributed by atoms with van der Waals surface area (Å²) in [6, 6.07) is 0. The second-order valence-corrected chi connectivity index (χ2v) is 6.44. The Morgan fingerprint density at radius 2 is 1.60 bits per heavy atom. The molecule has 0 aliphatic rings. The molecule has 0 aliphatic carbocycles. The van der Waals surface area contributed by atoms with E-state index >= 15 is 0 Å². The minimum atomic E-state index is 0.125. The number of nitrogens with zero attached hydrogens (tertiary/aromatic N) is 2. The van der Waals surface area contributed by atoms with Crippen molar-refractivity contribution in [2.75, 3.05) is 0 Å². The number of hydrogen-bond acceptors (Lipinski definition) is 2. The third-order valence-corrected chi connectivity index (χ3v) is 4.32. The number of rotatable bonds is 10. The highest BCUT2D eigenvalue weighted by molar-refractivity contribution is 6.29. The van der Waals surface area contributed by atoms with Crippen LogP contribution in [0.25, 0.3) is 0 Å². The van der Waals surface area contributed by atoms with Crippen LogP contribution in [0.3, 0.4) is 0 Å². The van der Waals surface area contributed by atoms with E-state index in [0.717, 1.165) is 5.69 Å². The zero-order valence-electron chi connectivity index (χ0n) is 13.3. The minimum absolute atomic E-state index is 0.125. The summed E-state index contributed by atoms with van der Waals surface area (Å²) in [5.41, 5.74) is 1.19. The first-order chi connectivity index (χ1) is 9.62. The van der Waals surface area contributed by atoms with Gasteiger partial charge in [-0.05, 0) is 12.8 Å². The Balaban J connectivity index is 2.65. The van der Waals surface area contributed by atoms with Gasteiger partial charge in [0.1, 0.15) is 5.15 Å². The normalized spacial score (nSPS) is 14.2. The Hall–Kier alpha value is -0.630. The highest BCUT2D eigenvalue weighted by Gasteiger charge is 2.27. The molecule has 0 bridgehead atoms. The van der Waals surface area contributed by atoms with Gasteiger partial charge in [0.05, 0.1) is 11.9 Å². The van der Waals surface area contributed by atoms with Crippen LogP contribution in [0.15, 0.2) is 12.4 Å². The molecule has 114 valence electrons. The van der Waals surface area contributed by atoms with E-state index in [1.165, 1.54) is 57.8 Å². The summed E-state index contributed by atoms with van der Waals surface area (Å²) in [7, 11) is 0. The molecule has 0 aromatic carbocycles. The molecule has 0 amide bonds. The molecule has 0 radical (unpaired) electrons. The molecule has 1 atom stereocenters. The van der Waals surface area contributed by atoms with E-state index in [9.17, 15) is 0 Å². The molecule has 0 fully saturated rings. The van der Waals surface area contributed by atoms with Crippen LogP contribution in [0, 0.1) is 0 Å². The average Bonchev–Trinajstić information content (AvgIpc) is 2.45. The summed E-state index contributed by atoms with van der Waals surface area (Å²) < 4.78 is 0. The first kappa shape index (κ1) is 17.4. The number of aromatic nitrogens is 2. The fourth-order valence-electron chi connectivity index (χ4n) is 2.70. The molecule has 20 heavy (non-hydrogen) atoms. The lowest BCUT2D eigenvalue weighted by atomic mass is 9.77. The minimum Gasteiger partial charge on any atom is -0.260 e. The zero-order chi connectivity index (χ0) is 14.8. The van der Waals surface area contributed by atoms with E-state index < -0.39 is 0 Å². The van der Waals surface area contributed by atoms with Crippen LogP contribution in [-0.2, 0) is 5.41 Å². The number of unbranched alkanes of at least 4 members (excludes halogenated alkanes) is 5. The Labute approximate surface area is 129 Å². The topological polar surface area (TPSA) is 25.8 Å². The summed E-state index contributed by atoms with van der Waals surface area (Å²) in [4.78, 5) is 8.74. The average molecular weight is 297 g/mol. The van der Waals surface area contributed by atoms with E-state index in [4.69, 9.17) is 11.6 Å². The summed E-state index contributed by atoms with van der Waals surface area (Å²) in [5, 5.41) is 0.510. The van der Waals surface area contributed by atoms with Gasteiger partial charge >= 0.3 is 0 Å². The molecule has 0 saturated carbocycles. The number of halogens is 1. The van der Waals surface area contributed by atoms with Gasteiger partial charge in [0.25, 0.3) is 0 Å². The molecule has 0 aliphatic heterocycles. The monoisotopic (exact) mass is 296 g/mol. The molecular weight excluding hydrogens is 268 g/mol. The summed E-state index contributed by atoms with van der Waals surface area (Å²) in [5.74, 6) is 0. The summed E-state index contributed by atoms with van der Waals surface area (Å²) >= 11 is 6.01. The van der Waals surface area contributed by atoms with Crippen molar-refractivity contribution < 1.29 is 0 Å². The SMILES string of the molecule is CCCCCCCC(C)(CCCC)c1cncc(Cl)n1. The first-order valence-electron chi connectivity index (χ1n) is 8.10. The van der Waals surface area contributed by atoms with E-state index in [-0.39, 0.29) is 5.41 Å². The van der Waals surface area contributed by atoms with Crippen molar-refractivity contribution in [1.29, 1.82) is 0 Å². The maximum atomic E-state index is 6.01. The van der Waals surface area contributed by atoms with Crippen molar-refractivity contribution in [3.63, 3.8) is 0 Å². The maximum absolute atomic E-state index is 6.01. The second kappa shape index (κ2) is 9.33. The smallest absolute Gasteiger partial charge is 0.147 e. The molecule has 0 N–H and O–H groups in total. The summed E-state index contributed by atoms with van der Waals surface area (Å²) in [6.45, 7) is 6.82. The van der Waals surface area contributed by atoms with Crippen molar-refractivity contribution in [2.24, 2.45) is 0 Å². The lowest BCUT2D eigenvalue weighted by molar-refractivity contribution is 0.358. The van der Waals surface area contributed by atoms with E-state index in [1.54, 1.807) is 6.20 Å². The Morgan fingerprint density at radius 3 is 2.25 bits per heavy atom. The zero-order valence-corrected chi connectivity index (χ0v) is 14.0. The standard InChI is InChI=1S/C17H29ClN2/c1-4-6-8-9-10-12-17(3,11-7-5-2)15-13-19-14-16(18)20-15/h13-14H,4-12H2,1-3H3. The molecule has 1 rings (SSSR count). The predicted molar refractivity (Wildman–Crippen MR) is 87.3 cm³/mol. The fourth-order valence-corrected chi connectivity index (χ4v) is 2.85. The molecule has 1 aromatic rings. The molecule has 1 aromatic heterocycles. The Morgan fingerprint density at radius 1 is 0.950 bits per heavy atom. The summed E-state index contributed by atoms with van der Waals surface area (Å²) in [6.07, 6.45) is 14.9. The molecular formula is C17H29ClN2.